The predicted molar refractivity (Wildman–Crippen MR) is 77.2 cm³/mol. The number of hydrogen-bond acceptors (Lipinski definition) is 4. The molecule has 0 spiro atoms. The van der Waals surface area contributed by atoms with E-state index in [4.69, 9.17) is 5.11 Å². The summed E-state index contributed by atoms with van der Waals surface area (Å²) in [6.07, 6.45) is 2.12. The van der Waals surface area contributed by atoms with E-state index in [9.17, 15) is 19.3 Å². The Balaban J connectivity index is 3.38. The number of carboxylic acid groups (broad SMARTS) is 1. The number of benzene rings is 1. The van der Waals surface area contributed by atoms with Crippen LogP contribution in [0.1, 0.15) is 50.4 Å². The molecule has 0 fully saturated rings. The van der Waals surface area contributed by atoms with Gasteiger partial charge in [0.1, 0.15) is 17.1 Å². The van der Waals surface area contributed by atoms with Gasteiger partial charge in [0.25, 0.3) is 5.69 Å². The Bertz CT molecular complexity index is 548. The molecule has 0 saturated carbocycles. The van der Waals surface area contributed by atoms with Crippen molar-refractivity contribution < 1.29 is 19.2 Å². The second-order valence-electron chi connectivity index (χ2n) is 4.88. The van der Waals surface area contributed by atoms with Gasteiger partial charge in [-0.1, -0.05) is 20.8 Å². The van der Waals surface area contributed by atoms with E-state index in [1.807, 2.05) is 20.8 Å². The van der Waals surface area contributed by atoms with E-state index in [1.54, 1.807) is 0 Å². The van der Waals surface area contributed by atoms with E-state index in [1.165, 1.54) is 0 Å². The molecule has 0 bridgehead atoms. The molecule has 0 aromatic heterocycles. The van der Waals surface area contributed by atoms with Gasteiger partial charge in [0.2, 0.25) is 0 Å². The van der Waals surface area contributed by atoms with Crippen LogP contribution < -0.4 is 5.32 Å². The van der Waals surface area contributed by atoms with Crippen molar-refractivity contribution in [2.45, 2.75) is 45.6 Å². The van der Waals surface area contributed by atoms with Crippen molar-refractivity contribution in [2.24, 2.45) is 0 Å². The minimum absolute atomic E-state index is 0.00745. The van der Waals surface area contributed by atoms with Crippen molar-refractivity contribution in [3.05, 3.63) is 33.6 Å². The fourth-order valence-corrected chi connectivity index (χ4v) is 2.28. The van der Waals surface area contributed by atoms with E-state index in [2.05, 4.69) is 5.32 Å². The van der Waals surface area contributed by atoms with Gasteiger partial charge < -0.3 is 10.4 Å². The Morgan fingerprint density at radius 3 is 2.24 bits per heavy atom. The molecule has 0 heterocycles. The standard InChI is InChI=1S/C14H19FN2O4/c1-4-14(5-2,6-3)16-11-8-10(15)9(13(18)19)7-12(11)17(20)21/h7-8,16H,4-6H2,1-3H3,(H,18,19). The molecule has 1 aromatic carbocycles. The van der Waals surface area contributed by atoms with Crippen LogP contribution in [-0.2, 0) is 0 Å². The first-order chi connectivity index (χ1) is 9.80. The number of halogens is 1. The van der Waals surface area contributed by atoms with Crippen LogP contribution in [0.5, 0.6) is 0 Å². The average molecular weight is 298 g/mol. The smallest absolute Gasteiger partial charge is 0.338 e. The van der Waals surface area contributed by atoms with E-state index in [-0.39, 0.29) is 11.2 Å². The van der Waals surface area contributed by atoms with Gasteiger partial charge in [-0.2, -0.15) is 0 Å². The minimum atomic E-state index is -1.53. The van der Waals surface area contributed by atoms with Gasteiger partial charge in [0, 0.05) is 17.7 Å². The van der Waals surface area contributed by atoms with Gasteiger partial charge in [0.15, 0.2) is 0 Å². The molecule has 0 aliphatic heterocycles. The van der Waals surface area contributed by atoms with E-state index in [0.29, 0.717) is 19.3 Å². The van der Waals surface area contributed by atoms with Crippen LogP contribution >= 0.6 is 0 Å². The van der Waals surface area contributed by atoms with Gasteiger partial charge >= 0.3 is 5.97 Å². The Hall–Kier alpha value is -2.18. The number of nitro benzene ring substituents is 1. The molecule has 116 valence electrons. The van der Waals surface area contributed by atoms with Crippen LogP contribution in [0.3, 0.4) is 0 Å². The monoisotopic (exact) mass is 298 g/mol. The lowest BCUT2D eigenvalue weighted by Crippen LogP contribution is -2.36. The summed E-state index contributed by atoms with van der Waals surface area (Å²) in [6.45, 7) is 5.81. The molecule has 0 saturated heterocycles. The second-order valence-corrected chi connectivity index (χ2v) is 4.88. The first-order valence-electron chi connectivity index (χ1n) is 6.79. The van der Waals surface area contributed by atoms with Crippen molar-refractivity contribution in [3.8, 4) is 0 Å². The number of nitrogens with zero attached hydrogens (tertiary/aromatic N) is 1. The third-order valence-electron chi connectivity index (χ3n) is 3.94. The molecule has 7 heteroatoms. The number of nitrogens with one attached hydrogen (secondary N) is 1. The number of aromatic carboxylic acids is 1. The van der Waals surface area contributed by atoms with Crippen LogP contribution in [0.4, 0.5) is 15.8 Å². The third kappa shape index (κ3) is 3.48. The summed E-state index contributed by atoms with van der Waals surface area (Å²) in [6, 6.07) is 1.64. The molecular weight excluding hydrogens is 279 g/mol. The Morgan fingerprint density at radius 2 is 1.86 bits per heavy atom. The van der Waals surface area contributed by atoms with Gasteiger partial charge in [-0.15, -0.1) is 0 Å². The normalized spacial score (nSPS) is 11.2. The number of carboxylic acids is 1. The first kappa shape index (κ1) is 16.9. The topological polar surface area (TPSA) is 92.5 Å². The fourth-order valence-electron chi connectivity index (χ4n) is 2.28. The average Bonchev–Trinajstić information content (AvgIpc) is 2.44. The van der Waals surface area contributed by atoms with Crippen LogP contribution in [0.25, 0.3) is 0 Å². The Morgan fingerprint density at radius 1 is 1.33 bits per heavy atom. The van der Waals surface area contributed by atoms with Gasteiger partial charge in [-0.3, -0.25) is 10.1 Å². The van der Waals surface area contributed by atoms with Gasteiger partial charge in [0.05, 0.1) is 4.92 Å². The van der Waals surface area contributed by atoms with Crippen molar-refractivity contribution in [1.29, 1.82) is 0 Å². The zero-order chi connectivity index (χ0) is 16.2. The van der Waals surface area contributed by atoms with E-state index < -0.39 is 28.0 Å². The van der Waals surface area contributed by atoms with Crippen molar-refractivity contribution in [1.82, 2.24) is 0 Å². The molecular formula is C14H19FN2O4. The SMILES string of the molecule is CCC(CC)(CC)Nc1cc(F)c(C(=O)O)cc1[N+](=O)[O-]. The molecule has 0 atom stereocenters. The second kappa shape index (κ2) is 6.51. The lowest BCUT2D eigenvalue weighted by Gasteiger charge is -2.32. The molecule has 0 aliphatic carbocycles. The number of anilines is 1. The van der Waals surface area contributed by atoms with Gasteiger partial charge in [-0.05, 0) is 19.3 Å². The number of hydrogen-bond donors (Lipinski definition) is 2. The van der Waals surface area contributed by atoms with Crippen LogP contribution in [0, 0.1) is 15.9 Å². The molecule has 0 radical (unpaired) electrons. The maximum atomic E-state index is 13.8. The van der Waals surface area contributed by atoms with E-state index >= 15 is 0 Å². The molecule has 2 N–H and O–H groups in total. The van der Waals surface area contributed by atoms with Crippen molar-refractivity contribution >= 4 is 17.3 Å². The number of rotatable bonds is 7. The van der Waals surface area contributed by atoms with Crippen LogP contribution in [0.2, 0.25) is 0 Å². The lowest BCUT2D eigenvalue weighted by atomic mass is 9.89. The van der Waals surface area contributed by atoms with Crippen LogP contribution in [0.15, 0.2) is 12.1 Å². The molecule has 1 aromatic rings. The summed E-state index contributed by atoms with van der Waals surface area (Å²) in [4.78, 5) is 21.3. The Labute approximate surface area is 122 Å². The summed E-state index contributed by atoms with van der Waals surface area (Å²) in [5.74, 6) is -2.53. The van der Waals surface area contributed by atoms with Gasteiger partial charge in [-0.25, -0.2) is 9.18 Å². The summed E-state index contributed by atoms with van der Waals surface area (Å²) in [7, 11) is 0. The highest BCUT2D eigenvalue weighted by atomic mass is 19.1. The molecule has 0 amide bonds. The summed E-state index contributed by atoms with van der Waals surface area (Å²) < 4.78 is 13.8. The fraction of sp³-hybridized carbons (Fsp3) is 0.500. The first-order valence-corrected chi connectivity index (χ1v) is 6.79. The summed E-state index contributed by atoms with van der Waals surface area (Å²) >= 11 is 0. The Kier molecular flexibility index (Phi) is 5.23. The van der Waals surface area contributed by atoms with Crippen molar-refractivity contribution in [3.63, 3.8) is 0 Å². The maximum Gasteiger partial charge on any atom is 0.338 e. The minimum Gasteiger partial charge on any atom is -0.478 e. The highest BCUT2D eigenvalue weighted by Crippen LogP contribution is 2.33. The summed E-state index contributed by atoms with van der Waals surface area (Å²) in [5.41, 5.74) is -1.52. The molecule has 21 heavy (non-hydrogen) atoms. The van der Waals surface area contributed by atoms with Crippen LogP contribution in [-0.4, -0.2) is 21.5 Å². The largest absolute Gasteiger partial charge is 0.478 e. The highest BCUT2D eigenvalue weighted by molar-refractivity contribution is 5.90. The molecule has 6 nitrogen and oxygen atoms in total. The molecule has 0 aliphatic rings. The van der Waals surface area contributed by atoms with Crippen molar-refractivity contribution in [2.75, 3.05) is 5.32 Å². The number of carbonyl (C=O) groups is 1. The maximum absolute atomic E-state index is 13.8. The quantitative estimate of drug-likeness (QED) is 0.589. The highest BCUT2D eigenvalue weighted by Gasteiger charge is 2.29. The lowest BCUT2D eigenvalue weighted by molar-refractivity contribution is -0.384. The zero-order valence-corrected chi connectivity index (χ0v) is 12.3. The third-order valence-corrected chi connectivity index (χ3v) is 3.94. The van der Waals surface area contributed by atoms with E-state index in [0.717, 1.165) is 12.1 Å². The molecule has 1 rings (SSSR count). The summed E-state index contributed by atoms with van der Waals surface area (Å²) in [5, 5.41) is 23.0. The number of nitro groups is 1. The predicted octanol–water partition coefficient (Wildman–Crippen LogP) is 3.81. The molecule has 0 unspecified atom stereocenters. The zero-order valence-electron chi connectivity index (χ0n) is 12.3.